The summed E-state index contributed by atoms with van der Waals surface area (Å²) in [5, 5.41) is 4.48. The fraction of sp³-hybridized carbons (Fsp3) is 0.651. The number of alkyl carbamates (subject to hydrolysis) is 1. The number of nitrogens with two attached hydrogens (primary N) is 1. The van der Waals surface area contributed by atoms with Crippen LogP contribution in [-0.2, 0) is 29.1 Å². The fourth-order valence-corrected chi connectivity index (χ4v) is 9.59. The second kappa shape index (κ2) is 17.8. The highest BCUT2D eigenvalue weighted by Crippen LogP contribution is 2.45. The second-order valence-corrected chi connectivity index (χ2v) is 20.0. The molecule has 7 atom stereocenters. The summed E-state index contributed by atoms with van der Waals surface area (Å²) >= 11 is 0. The minimum Gasteiger partial charge on any atom is -0.494 e. The van der Waals surface area contributed by atoms with Crippen LogP contribution in [-0.4, -0.2) is 84.8 Å². The Morgan fingerprint density at radius 3 is 2.53 bits per heavy atom. The van der Waals surface area contributed by atoms with Crippen molar-refractivity contribution in [3.63, 3.8) is 0 Å². The van der Waals surface area contributed by atoms with Gasteiger partial charge in [-0.2, -0.15) is 0 Å². The molecule has 4 amide bonds. The Labute approximate surface area is 342 Å². The van der Waals surface area contributed by atoms with Gasteiger partial charge in [-0.1, -0.05) is 39.3 Å². The van der Waals surface area contributed by atoms with Crippen LogP contribution < -0.4 is 25.2 Å². The molecule has 4 fully saturated rings. The van der Waals surface area contributed by atoms with E-state index in [1.165, 1.54) is 4.90 Å². The first-order chi connectivity index (χ1) is 27.5. The molecule has 4 aliphatic rings. The van der Waals surface area contributed by atoms with E-state index in [1.54, 1.807) is 13.1 Å². The number of likely N-dealkylation sites (tertiary alicyclic amines) is 1. The van der Waals surface area contributed by atoms with E-state index in [-0.39, 0.29) is 48.7 Å². The van der Waals surface area contributed by atoms with Crippen LogP contribution in [0.1, 0.15) is 105 Å². The number of pyridine rings is 1. The second-order valence-electron chi connectivity index (χ2n) is 17.8. The number of benzene rings is 1. The maximum Gasteiger partial charge on any atom is 0.407 e. The van der Waals surface area contributed by atoms with Gasteiger partial charge < -0.3 is 30.2 Å². The maximum atomic E-state index is 14.5. The van der Waals surface area contributed by atoms with Gasteiger partial charge in [0, 0.05) is 29.3 Å². The SMILES string of the molecule is CCOc1ccc2c(O[C@@H]3C[C@@H](C(N)=O)N(C(=O)[C@@H](NC(=O)OCC4(C)CC4)[C@H](C)C[C@H](C)CC/C=C\[C@@H]4CCCC4C(=O)NS(=O)(=O)C4(C)CC4)C3)nccc2c1. The van der Waals surface area contributed by atoms with Crippen LogP contribution >= 0.6 is 0 Å². The number of hydrogen-bond acceptors (Lipinski definition) is 10. The minimum absolute atomic E-state index is 0.0253. The number of sulfonamides is 1. The van der Waals surface area contributed by atoms with Crippen molar-refractivity contribution >= 4 is 44.6 Å². The van der Waals surface area contributed by atoms with E-state index in [0.29, 0.717) is 38.2 Å². The third-order valence-electron chi connectivity index (χ3n) is 12.7. The van der Waals surface area contributed by atoms with Gasteiger partial charge in [0.05, 0.1) is 24.5 Å². The highest BCUT2D eigenvalue weighted by molar-refractivity contribution is 7.91. The molecule has 6 rings (SSSR count). The molecular weight excluding hydrogens is 763 g/mol. The summed E-state index contributed by atoms with van der Waals surface area (Å²) < 4.78 is 44.4. The Hall–Kier alpha value is -4.40. The molecule has 1 aromatic heterocycles. The van der Waals surface area contributed by atoms with Gasteiger partial charge >= 0.3 is 6.09 Å². The number of primary amides is 1. The molecule has 3 aliphatic carbocycles. The summed E-state index contributed by atoms with van der Waals surface area (Å²) in [4.78, 5) is 59.3. The van der Waals surface area contributed by atoms with Crippen LogP contribution in [0.25, 0.3) is 10.8 Å². The first kappa shape index (κ1) is 43.2. The summed E-state index contributed by atoms with van der Waals surface area (Å²) in [7, 11) is -3.68. The molecule has 4 N–H and O–H groups in total. The number of allylic oxidation sites excluding steroid dienone is 2. The van der Waals surface area contributed by atoms with Crippen LogP contribution in [0.3, 0.4) is 0 Å². The summed E-state index contributed by atoms with van der Waals surface area (Å²) in [5.74, 6) is -0.998. The highest BCUT2D eigenvalue weighted by atomic mass is 32.2. The zero-order valence-corrected chi connectivity index (χ0v) is 35.4. The van der Waals surface area contributed by atoms with Crippen molar-refractivity contribution in [1.29, 1.82) is 0 Å². The third-order valence-corrected chi connectivity index (χ3v) is 14.8. The average Bonchev–Trinajstić information content (AvgIpc) is 3.99. The van der Waals surface area contributed by atoms with E-state index in [0.717, 1.165) is 55.0 Å². The predicted molar refractivity (Wildman–Crippen MR) is 219 cm³/mol. The lowest BCUT2D eigenvalue weighted by Crippen LogP contribution is -2.55. The van der Waals surface area contributed by atoms with Gasteiger partial charge in [-0.3, -0.25) is 19.1 Å². The average molecular weight is 824 g/mol. The number of nitrogens with zero attached hydrogens (tertiary/aromatic N) is 2. The lowest BCUT2D eigenvalue weighted by Gasteiger charge is -2.31. The van der Waals surface area contributed by atoms with E-state index in [2.05, 4.69) is 28.0 Å². The van der Waals surface area contributed by atoms with Crippen molar-refractivity contribution in [2.75, 3.05) is 19.8 Å². The standard InChI is InChI=1S/C43H61N5O9S/c1-6-55-31-14-15-34-30(23-31)16-21-45-39(34)57-32-24-35(37(44)49)48(25-32)40(51)36(46-41(52)56-26-42(4)17-18-42)28(3)22-27(2)10-7-8-11-29-12-9-13-33(29)38(50)47-58(53,54)43(5)19-20-43/h8,11,14-16,21,23,27-29,32-33,35-36H,6-7,9-10,12-13,17-20,22,24-26H2,1-5H3,(H2,44,49)(H,46,52)(H,47,50)/b11-8-/t27-,28-,29-,32-,33?,35+,36+/m1/s1. The zero-order chi connectivity index (χ0) is 41.8. The van der Waals surface area contributed by atoms with Gasteiger partial charge in [-0.15, -0.1) is 0 Å². The van der Waals surface area contributed by atoms with Crippen molar-refractivity contribution < 1.29 is 41.8 Å². The number of carbonyl (C=O) groups excluding carboxylic acids is 4. The van der Waals surface area contributed by atoms with Gasteiger partial charge in [0.2, 0.25) is 33.6 Å². The number of aromatic nitrogens is 1. The highest BCUT2D eigenvalue weighted by Gasteiger charge is 2.51. The monoisotopic (exact) mass is 823 g/mol. The Balaban J connectivity index is 1.08. The Morgan fingerprint density at radius 1 is 1.09 bits per heavy atom. The first-order valence-electron chi connectivity index (χ1n) is 21.0. The molecule has 1 aromatic carbocycles. The number of nitrogens with one attached hydrogen (secondary N) is 2. The maximum absolute atomic E-state index is 14.5. The molecule has 0 radical (unpaired) electrons. The summed E-state index contributed by atoms with van der Waals surface area (Å²) in [5.41, 5.74) is 5.83. The number of ether oxygens (including phenoxy) is 3. The van der Waals surface area contributed by atoms with Crippen LogP contribution in [0, 0.1) is 29.1 Å². The van der Waals surface area contributed by atoms with Gasteiger partial charge in [0.15, 0.2) is 0 Å². The largest absolute Gasteiger partial charge is 0.494 e. The third kappa shape index (κ3) is 10.4. The molecule has 318 valence electrons. The van der Waals surface area contributed by atoms with E-state index in [1.807, 2.05) is 51.1 Å². The lowest BCUT2D eigenvalue weighted by atomic mass is 9.87. The van der Waals surface area contributed by atoms with Crippen molar-refractivity contribution in [2.24, 2.45) is 34.8 Å². The molecule has 1 saturated heterocycles. The van der Waals surface area contributed by atoms with Crippen LogP contribution in [0.2, 0.25) is 0 Å². The molecule has 3 saturated carbocycles. The summed E-state index contributed by atoms with van der Waals surface area (Å²) in [6, 6.07) is 5.54. The molecule has 0 spiro atoms. The van der Waals surface area contributed by atoms with Crippen LogP contribution in [0.4, 0.5) is 4.79 Å². The molecule has 58 heavy (non-hydrogen) atoms. The van der Waals surface area contributed by atoms with Crippen molar-refractivity contribution in [2.45, 2.75) is 128 Å². The predicted octanol–water partition coefficient (Wildman–Crippen LogP) is 5.78. The summed E-state index contributed by atoms with van der Waals surface area (Å²) in [6.07, 6.45) is 12.2. The van der Waals surface area contributed by atoms with Gasteiger partial charge in [-0.05, 0) is 119 Å². The number of hydrogen-bond donors (Lipinski definition) is 3. The number of carbonyl (C=O) groups is 4. The van der Waals surface area contributed by atoms with Gasteiger partial charge in [0.1, 0.15) is 23.9 Å². The molecule has 1 aliphatic heterocycles. The molecule has 0 bridgehead atoms. The minimum atomic E-state index is -3.68. The van der Waals surface area contributed by atoms with E-state index >= 15 is 0 Å². The molecule has 15 heteroatoms. The molecule has 2 aromatic rings. The normalized spacial score (nSPS) is 24.8. The van der Waals surface area contributed by atoms with E-state index in [9.17, 15) is 27.6 Å². The van der Waals surface area contributed by atoms with Gasteiger partial charge in [0.25, 0.3) is 0 Å². The quantitative estimate of drug-likeness (QED) is 0.146. The smallest absolute Gasteiger partial charge is 0.407 e. The molecule has 1 unspecified atom stereocenters. The van der Waals surface area contributed by atoms with Gasteiger partial charge in [-0.25, -0.2) is 18.2 Å². The fourth-order valence-electron chi connectivity index (χ4n) is 8.29. The number of fused-ring (bicyclic) bond motifs is 1. The van der Waals surface area contributed by atoms with Crippen molar-refractivity contribution in [3.05, 3.63) is 42.6 Å². The Kier molecular flexibility index (Phi) is 13.3. The van der Waals surface area contributed by atoms with E-state index in [4.69, 9.17) is 19.9 Å². The van der Waals surface area contributed by atoms with Crippen LogP contribution in [0.15, 0.2) is 42.6 Å². The summed E-state index contributed by atoms with van der Waals surface area (Å²) in [6.45, 7) is 10.5. The topological polar surface area (TPSA) is 196 Å². The Morgan fingerprint density at radius 2 is 1.84 bits per heavy atom. The number of amides is 4. The number of rotatable bonds is 19. The first-order valence-corrected chi connectivity index (χ1v) is 22.4. The lowest BCUT2D eigenvalue weighted by molar-refractivity contribution is -0.140. The van der Waals surface area contributed by atoms with Crippen molar-refractivity contribution in [1.82, 2.24) is 19.9 Å². The van der Waals surface area contributed by atoms with Crippen molar-refractivity contribution in [3.8, 4) is 11.6 Å². The molecular formula is C43H61N5O9S. The Bertz CT molecular complexity index is 1980. The molecule has 14 nitrogen and oxygen atoms in total. The van der Waals surface area contributed by atoms with Crippen LogP contribution in [0.5, 0.6) is 11.6 Å². The zero-order valence-electron chi connectivity index (χ0n) is 34.5. The van der Waals surface area contributed by atoms with E-state index < -0.39 is 56.8 Å². The molecule has 2 heterocycles.